The highest BCUT2D eigenvalue weighted by Gasteiger charge is 2.16. The van der Waals surface area contributed by atoms with Crippen LogP contribution in [0, 0.1) is 0 Å². The first kappa shape index (κ1) is 15.0. The highest BCUT2D eigenvalue weighted by molar-refractivity contribution is 9.10. The first-order valence-corrected chi connectivity index (χ1v) is 7.64. The lowest BCUT2D eigenvalue weighted by atomic mass is 10.2. The number of hydrogen-bond donors (Lipinski definition) is 1. The van der Waals surface area contributed by atoms with E-state index in [0.29, 0.717) is 11.9 Å². The summed E-state index contributed by atoms with van der Waals surface area (Å²) in [5, 5.41) is 3.12. The number of anilines is 1. The molecule has 2 aromatic rings. The largest absolute Gasteiger partial charge is 0.372 e. The van der Waals surface area contributed by atoms with Crippen LogP contribution in [0.2, 0.25) is 0 Å². The second kappa shape index (κ2) is 6.35. The molecule has 0 fully saturated rings. The highest BCUT2D eigenvalue weighted by Crippen LogP contribution is 2.28. The van der Waals surface area contributed by atoms with Crippen LogP contribution in [-0.4, -0.2) is 26.6 Å². The maximum atomic E-state index is 4.70. The number of rotatable bonds is 5. The Bertz CT molecular complexity index is 591. The van der Waals surface area contributed by atoms with Crippen LogP contribution in [0.3, 0.4) is 0 Å². The predicted octanol–water partition coefficient (Wildman–Crippen LogP) is 3.68. The monoisotopic (exact) mass is 337 g/mol. The molecule has 2 heterocycles. The fourth-order valence-corrected chi connectivity index (χ4v) is 2.64. The smallest absolute Gasteiger partial charge is 0.180 e. The molecular formula is C14H20BrN5. The minimum absolute atomic E-state index is 0.326. The second-order valence-electron chi connectivity index (χ2n) is 4.94. The zero-order chi connectivity index (χ0) is 14.7. The van der Waals surface area contributed by atoms with Gasteiger partial charge in [0.05, 0.1) is 22.7 Å². The summed E-state index contributed by atoms with van der Waals surface area (Å²) in [6.45, 7) is 6.39. The maximum absolute atomic E-state index is 4.70. The zero-order valence-corrected chi connectivity index (χ0v) is 13.9. The SMILES string of the molecule is CCCc1nc(-c2cncn2C(C)C)nc(NC)c1Br. The van der Waals surface area contributed by atoms with E-state index in [1.165, 1.54) is 0 Å². The summed E-state index contributed by atoms with van der Waals surface area (Å²) >= 11 is 3.58. The van der Waals surface area contributed by atoms with Gasteiger partial charge in [0.25, 0.3) is 0 Å². The number of aryl methyl sites for hydroxylation is 1. The van der Waals surface area contributed by atoms with Crippen LogP contribution in [0.5, 0.6) is 0 Å². The van der Waals surface area contributed by atoms with E-state index in [4.69, 9.17) is 4.98 Å². The Hall–Kier alpha value is -1.43. The van der Waals surface area contributed by atoms with Gasteiger partial charge in [-0.3, -0.25) is 0 Å². The molecule has 108 valence electrons. The first-order valence-electron chi connectivity index (χ1n) is 6.84. The van der Waals surface area contributed by atoms with Gasteiger partial charge < -0.3 is 9.88 Å². The molecule has 0 spiro atoms. The van der Waals surface area contributed by atoms with Gasteiger partial charge in [-0.05, 0) is 36.2 Å². The van der Waals surface area contributed by atoms with Crippen LogP contribution in [0.15, 0.2) is 17.0 Å². The highest BCUT2D eigenvalue weighted by atomic mass is 79.9. The Morgan fingerprint density at radius 1 is 1.35 bits per heavy atom. The molecule has 0 aliphatic carbocycles. The number of imidazole rings is 1. The molecule has 0 radical (unpaired) electrons. The molecule has 0 unspecified atom stereocenters. The summed E-state index contributed by atoms with van der Waals surface area (Å²) < 4.78 is 3.03. The molecule has 2 rings (SSSR count). The van der Waals surface area contributed by atoms with Crippen LogP contribution >= 0.6 is 15.9 Å². The minimum atomic E-state index is 0.326. The number of aromatic nitrogens is 4. The van der Waals surface area contributed by atoms with E-state index in [2.05, 4.69) is 56.6 Å². The number of nitrogens with zero attached hydrogens (tertiary/aromatic N) is 4. The molecule has 0 aliphatic rings. The molecule has 0 amide bonds. The van der Waals surface area contributed by atoms with Crippen molar-refractivity contribution >= 4 is 21.7 Å². The van der Waals surface area contributed by atoms with E-state index in [0.717, 1.165) is 34.5 Å². The van der Waals surface area contributed by atoms with Crippen molar-refractivity contribution in [2.24, 2.45) is 0 Å². The second-order valence-corrected chi connectivity index (χ2v) is 5.73. The first-order chi connectivity index (χ1) is 9.58. The quantitative estimate of drug-likeness (QED) is 0.904. The maximum Gasteiger partial charge on any atom is 0.180 e. The molecular weight excluding hydrogens is 318 g/mol. The van der Waals surface area contributed by atoms with E-state index in [1.807, 2.05) is 19.6 Å². The van der Waals surface area contributed by atoms with E-state index in [9.17, 15) is 0 Å². The third-order valence-electron chi connectivity index (χ3n) is 3.09. The Kier molecular flexibility index (Phi) is 4.75. The Morgan fingerprint density at radius 2 is 2.10 bits per heavy atom. The van der Waals surface area contributed by atoms with Crippen LogP contribution in [0.4, 0.5) is 5.82 Å². The third-order valence-corrected chi connectivity index (χ3v) is 3.93. The van der Waals surface area contributed by atoms with Gasteiger partial charge in [0.15, 0.2) is 5.82 Å². The van der Waals surface area contributed by atoms with E-state index in [1.54, 1.807) is 0 Å². The lowest BCUT2D eigenvalue weighted by Crippen LogP contribution is -2.07. The van der Waals surface area contributed by atoms with Crippen molar-refractivity contribution in [1.29, 1.82) is 0 Å². The number of hydrogen-bond acceptors (Lipinski definition) is 4. The van der Waals surface area contributed by atoms with Crippen molar-refractivity contribution in [2.45, 2.75) is 39.7 Å². The van der Waals surface area contributed by atoms with Crippen molar-refractivity contribution in [1.82, 2.24) is 19.5 Å². The summed E-state index contributed by atoms with van der Waals surface area (Å²) in [4.78, 5) is 13.5. The van der Waals surface area contributed by atoms with Crippen molar-refractivity contribution < 1.29 is 0 Å². The Labute approximate surface area is 128 Å². The summed E-state index contributed by atoms with van der Waals surface area (Å²) in [6, 6.07) is 0.326. The van der Waals surface area contributed by atoms with Crippen LogP contribution in [0.1, 0.15) is 38.9 Å². The normalized spacial score (nSPS) is 11.1. The molecule has 1 N–H and O–H groups in total. The molecule has 0 bridgehead atoms. The van der Waals surface area contributed by atoms with Crippen LogP contribution < -0.4 is 5.32 Å². The van der Waals surface area contributed by atoms with Gasteiger partial charge >= 0.3 is 0 Å². The molecule has 0 saturated heterocycles. The molecule has 20 heavy (non-hydrogen) atoms. The van der Waals surface area contributed by atoms with Gasteiger partial charge in [0, 0.05) is 13.1 Å². The summed E-state index contributed by atoms with van der Waals surface area (Å²) in [5.41, 5.74) is 1.97. The van der Waals surface area contributed by atoms with E-state index in [-0.39, 0.29) is 0 Å². The molecule has 0 aromatic carbocycles. The van der Waals surface area contributed by atoms with Gasteiger partial charge in [0.2, 0.25) is 0 Å². The standard InChI is InChI=1S/C14H20BrN5/c1-5-6-10-12(15)14(16-4)19-13(18-10)11-7-17-8-20(11)9(2)3/h7-9H,5-6H2,1-4H3,(H,16,18,19). The van der Waals surface area contributed by atoms with Crippen LogP contribution in [-0.2, 0) is 6.42 Å². The lowest BCUT2D eigenvalue weighted by Gasteiger charge is -2.14. The third kappa shape index (κ3) is 2.85. The molecule has 0 atom stereocenters. The van der Waals surface area contributed by atoms with Gasteiger partial charge in [-0.25, -0.2) is 15.0 Å². The van der Waals surface area contributed by atoms with Gasteiger partial charge in [-0.2, -0.15) is 0 Å². The van der Waals surface area contributed by atoms with E-state index < -0.39 is 0 Å². The molecule has 0 aliphatic heterocycles. The number of halogens is 1. The topological polar surface area (TPSA) is 55.6 Å². The zero-order valence-electron chi connectivity index (χ0n) is 12.3. The Morgan fingerprint density at radius 3 is 2.70 bits per heavy atom. The van der Waals surface area contributed by atoms with Crippen molar-refractivity contribution in [3.05, 3.63) is 22.7 Å². The fraction of sp³-hybridized carbons (Fsp3) is 0.500. The average molecular weight is 338 g/mol. The summed E-state index contributed by atoms with van der Waals surface area (Å²) in [6.07, 6.45) is 5.60. The van der Waals surface area contributed by atoms with Crippen molar-refractivity contribution in [2.75, 3.05) is 12.4 Å². The van der Waals surface area contributed by atoms with Crippen LogP contribution in [0.25, 0.3) is 11.5 Å². The molecule has 0 saturated carbocycles. The van der Waals surface area contributed by atoms with Gasteiger partial charge in [-0.1, -0.05) is 13.3 Å². The van der Waals surface area contributed by atoms with Crippen molar-refractivity contribution in [3.8, 4) is 11.5 Å². The molecule has 2 aromatic heterocycles. The molecule has 5 nitrogen and oxygen atoms in total. The van der Waals surface area contributed by atoms with Gasteiger partial charge in [0.1, 0.15) is 11.5 Å². The summed E-state index contributed by atoms with van der Waals surface area (Å²) in [7, 11) is 1.87. The minimum Gasteiger partial charge on any atom is -0.372 e. The molecule has 6 heteroatoms. The predicted molar refractivity (Wildman–Crippen MR) is 84.9 cm³/mol. The fourth-order valence-electron chi connectivity index (χ4n) is 2.07. The van der Waals surface area contributed by atoms with Gasteiger partial charge in [-0.15, -0.1) is 0 Å². The van der Waals surface area contributed by atoms with Crippen molar-refractivity contribution in [3.63, 3.8) is 0 Å². The summed E-state index contributed by atoms with van der Waals surface area (Å²) in [5.74, 6) is 1.53. The Balaban J connectivity index is 2.56. The lowest BCUT2D eigenvalue weighted by molar-refractivity contribution is 0.603. The average Bonchev–Trinajstić information content (AvgIpc) is 2.90. The number of nitrogens with one attached hydrogen (secondary N) is 1. The van der Waals surface area contributed by atoms with E-state index >= 15 is 0 Å².